The summed E-state index contributed by atoms with van der Waals surface area (Å²) in [5, 5.41) is 13.8. The molecule has 2 rings (SSSR count). The van der Waals surface area contributed by atoms with Crippen molar-refractivity contribution in [2.24, 2.45) is 10.1 Å². The number of amidine groups is 1. The molecule has 0 atom stereocenters. The second kappa shape index (κ2) is 7.53. The molecule has 0 aliphatic carbocycles. The SMILES string of the molecule is CCOc1cc(/C=N\NC2=NCCCCC2)ccc1O. The number of phenols is 1. The monoisotopic (exact) mass is 275 g/mol. The van der Waals surface area contributed by atoms with Gasteiger partial charge in [-0.05, 0) is 43.5 Å². The van der Waals surface area contributed by atoms with Crippen molar-refractivity contribution in [1.29, 1.82) is 0 Å². The zero-order chi connectivity index (χ0) is 14.2. The minimum atomic E-state index is 0.144. The summed E-state index contributed by atoms with van der Waals surface area (Å²) in [6.07, 6.45) is 6.21. The van der Waals surface area contributed by atoms with E-state index in [2.05, 4.69) is 15.5 Å². The third kappa shape index (κ3) is 4.26. The Balaban J connectivity index is 1.96. The lowest BCUT2D eigenvalue weighted by atomic mass is 10.2. The van der Waals surface area contributed by atoms with Crippen molar-refractivity contribution in [3.63, 3.8) is 0 Å². The molecule has 0 fully saturated rings. The predicted molar refractivity (Wildman–Crippen MR) is 80.8 cm³/mol. The van der Waals surface area contributed by atoms with Gasteiger partial charge in [0.1, 0.15) is 5.84 Å². The molecule has 5 nitrogen and oxygen atoms in total. The average Bonchev–Trinajstić information content (AvgIpc) is 2.71. The summed E-state index contributed by atoms with van der Waals surface area (Å²) < 4.78 is 5.33. The van der Waals surface area contributed by atoms with Gasteiger partial charge in [0, 0.05) is 13.0 Å². The van der Waals surface area contributed by atoms with E-state index in [1.54, 1.807) is 24.4 Å². The first-order valence-corrected chi connectivity index (χ1v) is 7.08. The molecule has 1 aliphatic heterocycles. The Kier molecular flexibility index (Phi) is 5.41. The highest BCUT2D eigenvalue weighted by atomic mass is 16.5. The first-order valence-electron chi connectivity index (χ1n) is 7.08. The minimum Gasteiger partial charge on any atom is -0.504 e. The second-order valence-corrected chi connectivity index (χ2v) is 4.67. The molecular formula is C15H21N3O2. The van der Waals surface area contributed by atoms with Gasteiger partial charge in [-0.25, -0.2) is 0 Å². The minimum absolute atomic E-state index is 0.144. The molecule has 20 heavy (non-hydrogen) atoms. The predicted octanol–water partition coefficient (Wildman–Crippen LogP) is 2.69. The van der Waals surface area contributed by atoms with Crippen molar-refractivity contribution in [2.45, 2.75) is 32.6 Å². The molecule has 0 aromatic heterocycles. The number of hydrogen-bond acceptors (Lipinski definition) is 5. The number of nitrogens with zero attached hydrogens (tertiary/aromatic N) is 2. The van der Waals surface area contributed by atoms with Crippen LogP contribution < -0.4 is 10.2 Å². The van der Waals surface area contributed by atoms with E-state index in [1.165, 1.54) is 6.42 Å². The van der Waals surface area contributed by atoms with Gasteiger partial charge in [-0.15, -0.1) is 0 Å². The van der Waals surface area contributed by atoms with Crippen LogP contribution in [0.25, 0.3) is 0 Å². The van der Waals surface area contributed by atoms with E-state index in [0.29, 0.717) is 12.4 Å². The van der Waals surface area contributed by atoms with E-state index >= 15 is 0 Å². The highest BCUT2D eigenvalue weighted by Crippen LogP contribution is 2.26. The van der Waals surface area contributed by atoms with E-state index in [9.17, 15) is 5.11 Å². The third-order valence-corrected chi connectivity index (χ3v) is 3.07. The highest BCUT2D eigenvalue weighted by Gasteiger charge is 2.03. The second-order valence-electron chi connectivity index (χ2n) is 4.67. The highest BCUT2D eigenvalue weighted by molar-refractivity contribution is 5.85. The lowest BCUT2D eigenvalue weighted by Gasteiger charge is -2.06. The molecule has 1 aromatic carbocycles. The topological polar surface area (TPSA) is 66.2 Å². The Bertz CT molecular complexity index is 498. The molecule has 1 aliphatic rings. The summed E-state index contributed by atoms with van der Waals surface area (Å²) >= 11 is 0. The molecule has 5 heteroatoms. The van der Waals surface area contributed by atoms with Gasteiger partial charge >= 0.3 is 0 Å². The number of aliphatic imine (C=N–C) groups is 1. The largest absolute Gasteiger partial charge is 0.504 e. The first kappa shape index (κ1) is 14.4. The van der Waals surface area contributed by atoms with Crippen LogP contribution in [0, 0.1) is 0 Å². The summed E-state index contributed by atoms with van der Waals surface area (Å²) in [6, 6.07) is 5.16. The van der Waals surface area contributed by atoms with Gasteiger partial charge in [0.05, 0.1) is 12.8 Å². The lowest BCUT2D eigenvalue weighted by Crippen LogP contribution is -2.17. The number of hydrogen-bond donors (Lipinski definition) is 2. The van der Waals surface area contributed by atoms with Gasteiger partial charge in [-0.3, -0.25) is 10.4 Å². The van der Waals surface area contributed by atoms with Crippen molar-refractivity contribution < 1.29 is 9.84 Å². The van der Waals surface area contributed by atoms with Crippen LogP contribution in [0.1, 0.15) is 38.2 Å². The van der Waals surface area contributed by atoms with Gasteiger partial charge < -0.3 is 9.84 Å². The fourth-order valence-corrected chi connectivity index (χ4v) is 2.03. The summed E-state index contributed by atoms with van der Waals surface area (Å²) in [7, 11) is 0. The quantitative estimate of drug-likeness (QED) is 0.656. The zero-order valence-corrected chi connectivity index (χ0v) is 11.8. The Morgan fingerprint density at radius 3 is 3.15 bits per heavy atom. The van der Waals surface area contributed by atoms with Crippen molar-refractivity contribution in [3.05, 3.63) is 23.8 Å². The number of ether oxygens (including phenoxy) is 1. The maximum Gasteiger partial charge on any atom is 0.161 e. The molecule has 1 aromatic rings. The standard InChI is InChI=1S/C15H21N3O2/c1-2-20-14-10-12(7-8-13(14)19)11-17-18-15-6-4-3-5-9-16-15/h7-8,10-11,19H,2-6,9H2,1H3,(H,16,18)/b17-11-. The van der Waals surface area contributed by atoms with Gasteiger partial charge in [0.15, 0.2) is 11.5 Å². The summed E-state index contributed by atoms with van der Waals surface area (Å²) in [4.78, 5) is 4.44. The van der Waals surface area contributed by atoms with Crippen LogP contribution >= 0.6 is 0 Å². The maximum atomic E-state index is 9.62. The fourth-order valence-electron chi connectivity index (χ4n) is 2.03. The third-order valence-electron chi connectivity index (χ3n) is 3.07. The average molecular weight is 275 g/mol. The van der Waals surface area contributed by atoms with E-state index < -0.39 is 0 Å². The lowest BCUT2D eigenvalue weighted by molar-refractivity contribution is 0.318. The Labute approximate surface area is 119 Å². The van der Waals surface area contributed by atoms with Crippen LogP contribution in [0.5, 0.6) is 11.5 Å². The molecule has 0 radical (unpaired) electrons. The molecule has 0 amide bonds. The molecule has 0 saturated heterocycles. The van der Waals surface area contributed by atoms with Crippen LogP contribution in [0.2, 0.25) is 0 Å². The van der Waals surface area contributed by atoms with Crippen molar-refractivity contribution >= 4 is 12.1 Å². The molecule has 0 spiro atoms. The van der Waals surface area contributed by atoms with Gasteiger partial charge in [0.2, 0.25) is 0 Å². The van der Waals surface area contributed by atoms with Crippen LogP contribution in [0.3, 0.4) is 0 Å². The van der Waals surface area contributed by atoms with Crippen molar-refractivity contribution in [1.82, 2.24) is 5.43 Å². The van der Waals surface area contributed by atoms with Gasteiger partial charge in [-0.2, -0.15) is 5.10 Å². The Morgan fingerprint density at radius 2 is 2.30 bits per heavy atom. The summed E-state index contributed by atoms with van der Waals surface area (Å²) in [5.74, 6) is 1.57. The molecular weight excluding hydrogens is 254 g/mol. The van der Waals surface area contributed by atoms with E-state index in [1.807, 2.05) is 6.92 Å². The number of aromatic hydroxyl groups is 1. The van der Waals surface area contributed by atoms with Gasteiger partial charge in [0.25, 0.3) is 0 Å². The number of rotatable bonds is 4. The van der Waals surface area contributed by atoms with Crippen molar-refractivity contribution in [2.75, 3.05) is 13.2 Å². The smallest absolute Gasteiger partial charge is 0.161 e. The zero-order valence-electron chi connectivity index (χ0n) is 11.8. The number of hydrazone groups is 1. The van der Waals surface area contributed by atoms with E-state index in [-0.39, 0.29) is 5.75 Å². The van der Waals surface area contributed by atoms with Crippen molar-refractivity contribution in [3.8, 4) is 11.5 Å². The molecule has 0 saturated carbocycles. The summed E-state index contributed by atoms with van der Waals surface area (Å²) in [5.41, 5.74) is 3.86. The van der Waals surface area contributed by atoms with E-state index in [4.69, 9.17) is 4.74 Å². The molecule has 1 heterocycles. The van der Waals surface area contributed by atoms with Gasteiger partial charge in [-0.1, -0.05) is 6.42 Å². The molecule has 0 bridgehead atoms. The van der Waals surface area contributed by atoms with E-state index in [0.717, 1.165) is 37.2 Å². The number of nitrogens with one attached hydrogen (secondary N) is 1. The van der Waals surface area contributed by atoms with Crippen LogP contribution in [0.15, 0.2) is 28.3 Å². The molecule has 2 N–H and O–H groups in total. The Hall–Kier alpha value is -2.04. The first-order chi connectivity index (χ1) is 9.79. The normalized spacial score (nSPS) is 15.8. The van der Waals surface area contributed by atoms with Crippen LogP contribution in [-0.2, 0) is 0 Å². The molecule has 0 unspecified atom stereocenters. The summed E-state index contributed by atoms with van der Waals surface area (Å²) in [6.45, 7) is 3.28. The Morgan fingerprint density at radius 1 is 1.40 bits per heavy atom. The van der Waals surface area contributed by atoms with Crippen LogP contribution in [0.4, 0.5) is 0 Å². The fraction of sp³-hybridized carbons (Fsp3) is 0.467. The molecule has 108 valence electrons. The number of phenolic OH excluding ortho intramolecular Hbond substituents is 1. The number of benzene rings is 1. The maximum absolute atomic E-state index is 9.62. The van der Waals surface area contributed by atoms with Crippen LogP contribution in [-0.4, -0.2) is 30.3 Å².